The summed E-state index contributed by atoms with van der Waals surface area (Å²) < 4.78 is 4.80. The van der Waals surface area contributed by atoms with E-state index in [2.05, 4.69) is 35.7 Å². The Morgan fingerprint density at radius 3 is 2.50 bits per heavy atom. The van der Waals surface area contributed by atoms with Gasteiger partial charge in [0.1, 0.15) is 5.75 Å². The zero-order valence-corrected chi connectivity index (χ0v) is 15.5. The lowest BCUT2D eigenvalue weighted by atomic mass is 9.90. The minimum atomic E-state index is -0.0520. The minimum Gasteiger partial charge on any atom is -0.429 e. The van der Waals surface area contributed by atoms with Crippen molar-refractivity contribution in [2.24, 2.45) is 0 Å². The van der Waals surface area contributed by atoms with Crippen LogP contribution in [0.2, 0.25) is 5.02 Å². The molecule has 1 aromatic carbocycles. The number of pyridine rings is 1. The average Bonchev–Trinajstić information content (AvgIpc) is 2.62. The smallest absolute Gasteiger partial charge is 0.298 e. The summed E-state index contributed by atoms with van der Waals surface area (Å²) in [4.78, 5) is 23.9. The zero-order valence-electron chi connectivity index (χ0n) is 14.7. The largest absolute Gasteiger partial charge is 0.429 e. The minimum absolute atomic E-state index is 0.0520. The van der Waals surface area contributed by atoms with E-state index in [-0.39, 0.29) is 5.41 Å². The van der Waals surface area contributed by atoms with Crippen LogP contribution < -0.4 is 4.74 Å². The Morgan fingerprint density at radius 1 is 1.04 bits per heavy atom. The fourth-order valence-corrected chi connectivity index (χ4v) is 2.71. The van der Waals surface area contributed by atoms with Crippen molar-refractivity contribution in [1.29, 1.82) is 0 Å². The van der Waals surface area contributed by atoms with Crippen LogP contribution in [-0.2, 0) is 10.2 Å². The first-order chi connectivity index (χ1) is 12.4. The maximum atomic E-state index is 10.4. The Labute approximate surface area is 157 Å². The second kappa shape index (κ2) is 7.22. The number of hydrogen-bond donors (Lipinski definition) is 0. The average molecular weight is 368 g/mol. The van der Waals surface area contributed by atoms with Gasteiger partial charge in [-0.25, -0.2) is 9.97 Å². The molecule has 0 fully saturated rings. The number of aromatic nitrogens is 3. The van der Waals surface area contributed by atoms with E-state index >= 15 is 0 Å². The summed E-state index contributed by atoms with van der Waals surface area (Å²) in [6, 6.07) is 10.7. The quantitative estimate of drug-likeness (QED) is 0.626. The topological polar surface area (TPSA) is 65.0 Å². The highest BCUT2D eigenvalue weighted by atomic mass is 35.5. The van der Waals surface area contributed by atoms with Crippen LogP contribution >= 0.6 is 11.6 Å². The summed E-state index contributed by atoms with van der Waals surface area (Å²) in [7, 11) is 0. The highest BCUT2D eigenvalue weighted by molar-refractivity contribution is 6.33. The molecule has 5 nitrogen and oxygen atoms in total. The molecule has 0 aliphatic heterocycles. The summed E-state index contributed by atoms with van der Waals surface area (Å²) in [6.07, 6.45) is 3.48. The maximum Gasteiger partial charge on any atom is 0.298 e. The van der Waals surface area contributed by atoms with E-state index < -0.39 is 0 Å². The summed E-state index contributed by atoms with van der Waals surface area (Å²) in [5, 5.41) is 0.409. The molecule has 6 heteroatoms. The molecule has 26 heavy (non-hydrogen) atoms. The molecule has 132 valence electrons. The molecule has 3 rings (SSSR count). The van der Waals surface area contributed by atoms with Crippen LogP contribution in [0.3, 0.4) is 0 Å². The van der Waals surface area contributed by atoms with Crippen LogP contribution in [0.4, 0.5) is 0 Å². The highest BCUT2D eigenvalue weighted by Crippen LogP contribution is 2.30. The number of nitrogens with zero attached hydrogens (tertiary/aromatic N) is 3. The molecule has 0 saturated heterocycles. The third-order valence-electron chi connectivity index (χ3n) is 3.85. The van der Waals surface area contributed by atoms with E-state index in [1.54, 1.807) is 30.6 Å². The Kier molecular flexibility index (Phi) is 5.00. The Hall–Kier alpha value is -2.79. The van der Waals surface area contributed by atoms with Gasteiger partial charge in [0.05, 0.1) is 10.7 Å². The van der Waals surface area contributed by atoms with Crippen LogP contribution in [0.25, 0.3) is 22.6 Å². The van der Waals surface area contributed by atoms with Crippen molar-refractivity contribution in [3.63, 3.8) is 0 Å². The number of ether oxygens (including phenoxy) is 1. The molecule has 0 radical (unpaired) electrons. The van der Waals surface area contributed by atoms with Crippen molar-refractivity contribution in [2.75, 3.05) is 0 Å². The molecule has 0 N–H and O–H groups in total. The number of halogens is 1. The second-order valence-electron chi connectivity index (χ2n) is 6.80. The van der Waals surface area contributed by atoms with Crippen molar-refractivity contribution >= 4 is 18.1 Å². The molecule has 0 aliphatic rings. The Morgan fingerprint density at radius 2 is 1.81 bits per heavy atom. The molecule has 0 unspecified atom stereocenters. The van der Waals surface area contributed by atoms with E-state index in [4.69, 9.17) is 16.3 Å². The second-order valence-corrected chi connectivity index (χ2v) is 7.21. The zero-order chi connectivity index (χ0) is 18.7. The third-order valence-corrected chi connectivity index (χ3v) is 4.16. The lowest BCUT2D eigenvalue weighted by Crippen LogP contribution is -2.13. The number of rotatable bonds is 4. The summed E-state index contributed by atoms with van der Waals surface area (Å²) in [5.41, 5.74) is 3.35. The van der Waals surface area contributed by atoms with E-state index in [0.29, 0.717) is 28.6 Å². The Bertz CT molecular complexity index is 952. The van der Waals surface area contributed by atoms with Crippen LogP contribution in [-0.4, -0.2) is 21.4 Å². The van der Waals surface area contributed by atoms with E-state index in [1.807, 2.05) is 18.2 Å². The van der Waals surface area contributed by atoms with Crippen molar-refractivity contribution in [3.8, 4) is 28.4 Å². The highest BCUT2D eigenvalue weighted by Gasteiger charge is 2.16. The molecule has 0 bridgehead atoms. The van der Waals surface area contributed by atoms with Gasteiger partial charge in [-0.15, -0.1) is 0 Å². The van der Waals surface area contributed by atoms with E-state index in [0.717, 1.165) is 17.0 Å². The van der Waals surface area contributed by atoms with Crippen molar-refractivity contribution < 1.29 is 9.53 Å². The van der Waals surface area contributed by atoms with Gasteiger partial charge in [0.2, 0.25) is 0 Å². The first-order valence-corrected chi connectivity index (χ1v) is 8.46. The number of hydrogen-bond acceptors (Lipinski definition) is 5. The van der Waals surface area contributed by atoms with Crippen LogP contribution in [0.15, 0.2) is 48.8 Å². The SMILES string of the molecule is CC(C)(C)c1cc(-c2ccnc(-c3ccc(OC=O)cc3Cl)n2)ccn1. The van der Waals surface area contributed by atoms with Gasteiger partial charge in [0.15, 0.2) is 5.82 Å². The lowest BCUT2D eigenvalue weighted by molar-refractivity contribution is -0.120. The van der Waals surface area contributed by atoms with Crippen LogP contribution in [0.1, 0.15) is 26.5 Å². The van der Waals surface area contributed by atoms with Gasteiger partial charge >= 0.3 is 0 Å². The van der Waals surface area contributed by atoms with Gasteiger partial charge in [-0.05, 0) is 30.3 Å². The van der Waals surface area contributed by atoms with Gasteiger partial charge in [0, 0.05) is 40.7 Å². The molecule has 0 spiro atoms. The molecule has 0 atom stereocenters. The fraction of sp³-hybridized carbons (Fsp3) is 0.200. The van der Waals surface area contributed by atoms with E-state index in [1.165, 1.54) is 0 Å². The van der Waals surface area contributed by atoms with Crippen LogP contribution in [0, 0.1) is 0 Å². The van der Waals surface area contributed by atoms with Gasteiger partial charge < -0.3 is 4.74 Å². The molecule has 0 saturated carbocycles. The first-order valence-electron chi connectivity index (χ1n) is 8.08. The fourth-order valence-electron chi connectivity index (χ4n) is 2.46. The van der Waals surface area contributed by atoms with Crippen LogP contribution in [0.5, 0.6) is 5.75 Å². The van der Waals surface area contributed by atoms with Gasteiger partial charge in [-0.2, -0.15) is 0 Å². The molecule has 2 heterocycles. The van der Waals surface area contributed by atoms with Gasteiger partial charge in [-0.1, -0.05) is 32.4 Å². The third kappa shape index (κ3) is 3.89. The molecular weight excluding hydrogens is 350 g/mol. The molecule has 0 aliphatic carbocycles. The van der Waals surface area contributed by atoms with Crippen molar-refractivity contribution in [1.82, 2.24) is 15.0 Å². The van der Waals surface area contributed by atoms with E-state index in [9.17, 15) is 4.79 Å². The van der Waals surface area contributed by atoms with Gasteiger partial charge in [0.25, 0.3) is 6.47 Å². The predicted molar refractivity (Wildman–Crippen MR) is 101 cm³/mol. The number of carbonyl (C=O) groups is 1. The summed E-state index contributed by atoms with van der Waals surface area (Å²) in [6.45, 7) is 6.71. The van der Waals surface area contributed by atoms with Crippen molar-refractivity contribution in [3.05, 3.63) is 59.5 Å². The normalized spacial score (nSPS) is 11.2. The molecule has 3 aromatic rings. The maximum absolute atomic E-state index is 10.4. The van der Waals surface area contributed by atoms with Crippen molar-refractivity contribution in [2.45, 2.75) is 26.2 Å². The number of carbonyl (C=O) groups excluding carboxylic acids is 1. The summed E-state index contributed by atoms with van der Waals surface area (Å²) in [5.74, 6) is 0.869. The predicted octanol–water partition coefficient (Wildman–Crippen LogP) is 4.69. The lowest BCUT2D eigenvalue weighted by Gasteiger charge is -2.18. The molecule has 2 aromatic heterocycles. The Balaban J connectivity index is 2.01. The summed E-state index contributed by atoms with van der Waals surface area (Å²) >= 11 is 6.30. The first kappa shape index (κ1) is 18.0. The molecular formula is C20H18ClN3O2. The number of benzene rings is 1. The van der Waals surface area contributed by atoms with Gasteiger partial charge in [-0.3, -0.25) is 9.78 Å². The molecule has 0 amide bonds. The standard InChI is InChI=1S/C20H18ClN3O2/c1-20(2,3)18-10-13(6-8-22-18)17-7-9-23-19(24-17)15-5-4-14(26-12-25)11-16(15)21/h4-12H,1-3H3. The monoisotopic (exact) mass is 367 g/mol.